The van der Waals surface area contributed by atoms with Crippen molar-refractivity contribution in [2.45, 2.75) is 36.6 Å². The molecule has 1 aromatic rings. The van der Waals surface area contributed by atoms with Crippen molar-refractivity contribution < 1.29 is 5.11 Å². The van der Waals surface area contributed by atoms with Gasteiger partial charge in [-0.2, -0.15) is 0 Å². The molecule has 0 saturated heterocycles. The first-order valence-electron chi connectivity index (χ1n) is 6.28. The third kappa shape index (κ3) is 5.74. The number of unbranched alkanes of at least 4 members (excludes halogenated alkanes) is 1. The summed E-state index contributed by atoms with van der Waals surface area (Å²) < 4.78 is 1.13. The third-order valence-corrected chi connectivity index (χ3v) is 4.71. The fraction of sp³-hybridized carbons (Fsp3) is 0.571. The quantitative estimate of drug-likeness (QED) is 0.563. The number of rotatable bonds is 8. The lowest BCUT2D eigenvalue weighted by Gasteiger charge is -2.26. The largest absolute Gasteiger partial charge is 0.394 e. The molecular formula is C14H22BrNOS. The zero-order valence-corrected chi connectivity index (χ0v) is 13.5. The lowest BCUT2D eigenvalue weighted by Crippen LogP contribution is -2.43. The molecule has 102 valence electrons. The van der Waals surface area contributed by atoms with E-state index in [-0.39, 0.29) is 12.1 Å². The maximum Gasteiger partial charge on any atom is 0.0610 e. The maximum absolute atomic E-state index is 9.28. The Bertz CT molecular complexity index is 355. The van der Waals surface area contributed by atoms with E-state index in [1.165, 1.54) is 11.3 Å². The SMILES string of the molecule is CNC(C)(CO)CCCCSc1cccc(Br)c1. The van der Waals surface area contributed by atoms with E-state index in [0.717, 1.165) is 23.1 Å². The van der Waals surface area contributed by atoms with Crippen LogP contribution in [0.25, 0.3) is 0 Å². The highest BCUT2D eigenvalue weighted by Crippen LogP contribution is 2.23. The fourth-order valence-electron chi connectivity index (χ4n) is 1.65. The van der Waals surface area contributed by atoms with Gasteiger partial charge in [-0.05, 0) is 50.8 Å². The molecule has 1 rings (SSSR count). The van der Waals surface area contributed by atoms with Gasteiger partial charge in [0.15, 0.2) is 0 Å². The predicted molar refractivity (Wildman–Crippen MR) is 83.3 cm³/mol. The van der Waals surface area contributed by atoms with Crippen molar-refractivity contribution in [1.29, 1.82) is 0 Å². The summed E-state index contributed by atoms with van der Waals surface area (Å²) in [7, 11) is 1.91. The number of benzene rings is 1. The topological polar surface area (TPSA) is 32.3 Å². The number of thioether (sulfide) groups is 1. The second-order valence-corrected chi connectivity index (χ2v) is 6.82. The van der Waals surface area contributed by atoms with Crippen molar-refractivity contribution in [3.05, 3.63) is 28.7 Å². The highest BCUT2D eigenvalue weighted by atomic mass is 79.9. The summed E-state index contributed by atoms with van der Waals surface area (Å²) in [5, 5.41) is 12.5. The average Bonchev–Trinajstić information content (AvgIpc) is 2.38. The number of hydrogen-bond acceptors (Lipinski definition) is 3. The van der Waals surface area contributed by atoms with E-state index in [1.807, 2.05) is 24.9 Å². The zero-order valence-electron chi connectivity index (χ0n) is 11.1. The van der Waals surface area contributed by atoms with Gasteiger partial charge in [0.2, 0.25) is 0 Å². The summed E-state index contributed by atoms with van der Waals surface area (Å²) >= 11 is 5.37. The van der Waals surface area contributed by atoms with Crippen molar-refractivity contribution in [1.82, 2.24) is 5.32 Å². The summed E-state index contributed by atoms with van der Waals surface area (Å²) in [6.07, 6.45) is 3.33. The first-order chi connectivity index (χ1) is 8.59. The number of aliphatic hydroxyl groups excluding tert-OH is 1. The van der Waals surface area contributed by atoms with Gasteiger partial charge in [0.05, 0.1) is 6.61 Å². The summed E-state index contributed by atoms with van der Waals surface area (Å²) in [4.78, 5) is 1.31. The molecule has 1 atom stereocenters. The Morgan fingerprint density at radius 1 is 1.39 bits per heavy atom. The van der Waals surface area contributed by atoms with Crippen LogP contribution < -0.4 is 5.32 Å². The molecule has 0 aromatic heterocycles. The highest BCUT2D eigenvalue weighted by Gasteiger charge is 2.19. The molecule has 0 aliphatic heterocycles. The average molecular weight is 332 g/mol. The molecule has 0 heterocycles. The van der Waals surface area contributed by atoms with E-state index in [1.54, 1.807) is 0 Å². The van der Waals surface area contributed by atoms with Gasteiger partial charge >= 0.3 is 0 Å². The lowest BCUT2D eigenvalue weighted by molar-refractivity contribution is 0.171. The van der Waals surface area contributed by atoms with Gasteiger partial charge in [0.25, 0.3) is 0 Å². The zero-order chi connectivity index (χ0) is 13.4. The smallest absolute Gasteiger partial charge is 0.0610 e. The molecule has 1 aromatic carbocycles. The Balaban J connectivity index is 2.19. The van der Waals surface area contributed by atoms with E-state index < -0.39 is 0 Å². The van der Waals surface area contributed by atoms with Crippen LogP contribution in [0.5, 0.6) is 0 Å². The van der Waals surface area contributed by atoms with Gasteiger partial charge in [0, 0.05) is 14.9 Å². The Morgan fingerprint density at radius 3 is 2.78 bits per heavy atom. The summed E-state index contributed by atoms with van der Waals surface area (Å²) in [6.45, 7) is 2.26. The Hall–Kier alpha value is -0.0300. The molecule has 0 aliphatic rings. The minimum atomic E-state index is -0.125. The minimum absolute atomic E-state index is 0.125. The monoisotopic (exact) mass is 331 g/mol. The fourth-order valence-corrected chi connectivity index (χ4v) is 3.17. The minimum Gasteiger partial charge on any atom is -0.394 e. The molecule has 18 heavy (non-hydrogen) atoms. The van der Waals surface area contributed by atoms with Crippen LogP contribution in [0.1, 0.15) is 26.2 Å². The molecule has 0 aliphatic carbocycles. The van der Waals surface area contributed by atoms with Gasteiger partial charge in [-0.15, -0.1) is 11.8 Å². The summed E-state index contributed by atoms with van der Waals surface area (Å²) in [6, 6.07) is 8.40. The number of hydrogen-bond donors (Lipinski definition) is 2. The molecule has 1 unspecified atom stereocenters. The first-order valence-corrected chi connectivity index (χ1v) is 8.06. The molecular weight excluding hydrogens is 310 g/mol. The first kappa shape index (κ1) is 16.0. The Kier molecular flexibility index (Phi) is 7.30. The van der Waals surface area contributed by atoms with Crippen LogP contribution in [0.4, 0.5) is 0 Å². The van der Waals surface area contributed by atoms with Gasteiger partial charge in [-0.25, -0.2) is 0 Å². The molecule has 2 nitrogen and oxygen atoms in total. The number of likely N-dealkylation sites (N-methyl/N-ethyl adjacent to an activating group) is 1. The van der Waals surface area contributed by atoms with E-state index in [9.17, 15) is 5.11 Å². The molecule has 0 bridgehead atoms. The van der Waals surface area contributed by atoms with Crippen LogP contribution in [0, 0.1) is 0 Å². The number of nitrogens with one attached hydrogen (secondary N) is 1. The molecule has 0 radical (unpaired) electrons. The van der Waals surface area contributed by atoms with Crippen molar-refractivity contribution in [3.8, 4) is 0 Å². The van der Waals surface area contributed by atoms with Crippen LogP contribution >= 0.6 is 27.7 Å². The lowest BCUT2D eigenvalue weighted by atomic mass is 9.96. The van der Waals surface area contributed by atoms with Gasteiger partial charge in [0.1, 0.15) is 0 Å². The summed E-state index contributed by atoms with van der Waals surface area (Å²) in [5.41, 5.74) is -0.125. The number of halogens is 1. The van der Waals surface area contributed by atoms with Gasteiger partial charge in [-0.1, -0.05) is 28.4 Å². The van der Waals surface area contributed by atoms with Crippen molar-refractivity contribution in [2.75, 3.05) is 19.4 Å². The van der Waals surface area contributed by atoms with Crippen LogP contribution in [0.3, 0.4) is 0 Å². The van der Waals surface area contributed by atoms with E-state index in [4.69, 9.17) is 0 Å². The highest BCUT2D eigenvalue weighted by molar-refractivity contribution is 9.10. The normalized spacial score (nSPS) is 14.4. The standard InChI is InChI=1S/C14H22BrNOS/c1-14(11-17,16-2)8-3-4-9-18-13-7-5-6-12(15)10-13/h5-7,10,16-17H,3-4,8-9,11H2,1-2H3. The van der Waals surface area contributed by atoms with Gasteiger partial charge < -0.3 is 10.4 Å². The van der Waals surface area contributed by atoms with Crippen molar-refractivity contribution in [2.24, 2.45) is 0 Å². The molecule has 0 spiro atoms. The summed E-state index contributed by atoms with van der Waals surface area (Å²) in [5.74, 6) is 1.13. The van der Waals surface area contributed by atoms with Crippen molar-refractivity contribution in [3.63, 3.8) is 0 Å². The molecule has 0 fully saturated rings. The van der Waals surface area contributed by atoms with Crippen LogP contribution in [-0.2, 0) is 0 Å². The molecule has 0 saturated carbocycles. The predicted octanol–water partition coefficient (Wildman–Crippen LogP) is 3.68. The van der Waals surface area contributed by atoms with Crippen LogP contribution in [0.2, 0.25) is 0 Å². The second kappa shape index (κ2) is 8.20. The van der Waals surface area contributed by atoms with Crippen molar-refractivity contribution >= 4 is 27.7 Å². The molecule has 4 heteroatoms. The van der Waals surface area contributed by atoms with Crippen LogP contribution in [-0.4, -0.2) is 30.1 Å². The molecule has 0 amide bonds. The second-order valence-electron chi connectivity index (χ2n) is 4.73. The van der Waals surface area contributed by atoms with E-state index >= 15 is 0 Å². The van der Waals surface area contributed by atoms with Gasteiger partial charge in [-0.3, -0.25) is 0 Å². The van der Waals surface area contributed by atoms with E-state index in [0.29, 0.717) is 0 Å². The maximum atomic E-state index is 9.28. The van der Waals surface area contributed by atoms with Crippen LogP contribution in [0.15, 0.2) is 33.6 Å². The molecule has 2 N–H and O–H groups in total. The number of aliphatic hydroxyl groups is 1. The van der Waals surface area contributed by atoms with E-state index in [2.05, 4.69) is 46.4 Å². The third-order valence-electron chi connectivity index (χ3n) is 3.14. The Morgan fingerprint density at radius 2 is 2.17 bits per heavy atom. The Labute approximate surface area is 123 Å².